The molecule has 0 atom stereocenters. The summed E-state index contributed by atoms with van der Waals surface area (Å²) in [7, 11) is 2.34. The van der Waals surface area contributed by atoms with Gasteiger partial charge in [-0.15, -0.1) is 0 Å². The molecule has 2 aromatic rings. The summed E-state index contributed by atoms with van der Waals surface area (Å²) < 4.78 is 51.0. The highest BCUT2D eigenvalue weighted by Crippen LogP contribution is 2.25. The number of benzene rings is 1. The minimum Gasteiger partial charge on any atom is -0.340 e. The number of amides is 1. The molecule has 1 N–H and O–H groups in total. The SMILES string of the molecule is Cn1cnc(C(=O)Nc2c(F)cc(S(=O)(=O)Cl)cc2F)c1. The fourth-order valence-corrected chi connectivity index (χ4v) is 2.27. The molecular weight excluding hydrogens is 328 g/mol. The van der Waals surface area contributed by atoms with Gasteiger partial charge in [-0.1, -0.05) is 0 Å². The van der Waals surface area contributed by atoms with Crippen LogP contribution >= 0.6 is 10.7 Å². The third-order valence-corrected chi connectivity index (χ3v) is 3.81. The van der Waals surface area contributed by atoms with Crippen molar-refractivity contribution in [3.8, 4) is 0 Å². The number of aromatic nitrogens is 2. The first kappa shape index (κ1) is 15.4. The number of carbonyl (C=O) groups is 1. The lowest BCUT2D eigenvalue weighted by Gasteiger charge is -2.07. The Morgan fingerprint density at radius 2 is 1.90 bits per heavy atom. The van der Waals surface area contributed by atoms with Crippen LogP contribution in [-0.4, -0.2) is 23.9 Å². The van der Waals surface area contributed by atoms with Gasteiger partial charge in [0.1, 0.15) is 11.4 Å². The van der Waals surface area contributed by atoms with Crippen molar-refractivity contribution in [1.82, 2.24) is 9.55 Å². The minimum atomic E-state index is -4.28. The van der Waals surface area contributed by atoms with Gasteiger partial charge in [0.15, 0.2) is 11.6 Å². The van der Waals surface area contributed by atoms with Gasteiger partial charge in [0, 0.05) is 23.9 Å². The molecule has 10 heteroatoms. The Morgan fingerprint density at radius 3 is 2.33 bits per heavy atom. The van der Waals surface area contributed by atoms with E-state index in [-0.39, 0.29) is 5.69 Å². The van der Waals surface area contributed by atoms with Crippen molar-refractivity contribution in [1.29, 1.82) is 0 Å². The van der Waals surface area contributed by atoms with E-state index in [2.05, 4.69) is 4.98 Å². The molecule has 1 heterocycles. The molecule has 0 fully saturated rings. The van der Waals surface area contributed by atoms with E-state index < -0.39 is 37.2 Å². The normalized spacial score (nSPS) is 11.4. The van der Waals surface area contributed by atoms with Gasteiger partial charge < -0.3 is 9.88 Å². The largest absolute Gasteiger partial charge is 0.340 e. The molecule has 0 spiro atoms. The molecule has 6 nitrogen and oxygen atoms in total. The number of hydrogen-bond acceptors (Lipinski definition) is 4. The van der Waals surface area contributed by atoms with Crippen LogP contribution in [0.1, 0.15) is 10.5 Å². The predicted octanol–water partition coefficient (Wildman–Crippen LogP) is 1.88. The maximum atomic E-state index is 13.7. The molecular formula is C11H8ClF2N3O3S. The fourth-order valence-electron chi connectivity index (χ4n) is 1.52. The summed E-state index contributed by atoms with van der Waals surface area (Å²) in [5.74, 6) is -3.37. The molecule has 1 amide bonds. The smallest absolute Gasteiger partial charge is 0.276 e. The van der Waals surface area contributed by atoms with Crippen molar-refractivity contribution in [2.45, 2.75) is 4.90 Å². The van der Waals surface area contributed by atoms with E-state index in [1.54, 1.807) is 7.05 Å². The quantitative estimate of drug-likeness (QED) is 0.868. The fraction of sp³-hybridized carbons (Fsp3) is 0.0909. The van der Waals surface area contributed by atoms with Gasteiger partial charge in [-0.05, 0) is 12.1 Å². The highest BCUT2D eigenvalue weighted by Gasteiger charge is 2.20. The maximum Gasteiger partial charge on any atom is 0.276 e. The van der Waals surface area contributed by atoms with E-state index in [9.17, 15) is 22.0 Å². The van der Waals surface area contributed by atoms with Gasteiger partial charge in [0.05, 0.1) is 11.2 Å². The van der Waals surface area contributed by atoms with E-state index >= 15 is 0 Å². The van der Waals surface area contributed by atoms with Crippen molar-refractivity contribution >= 4 is 31.3 Å². The summed E-state index contributed by atoms with van der Waals surface area (Å²) in [6.07, 6.45) is 2.69. The minimum absolute atomic E-state index is 0.0506. The Balaban J connectivity index is 2.35. The standard InChI is InChI=1S/C11H8ClF2N3O3S/c1-17-4-9(15-5-17)11(18)16-10-7(13)2-6(3-8(10)14)21(12,19)20/h2-5H,1H3,(H,16,18). The molecule has 0 aliphatic heterocycles. The Labute approximate surface area is 122 Å². The number of rotatable bonds is 3. The van der Waals surface area contributed by atoms with Crippen LogP contribution < -0.4 is 5.32 Å². The van der Waals surface area contributed by atoms with Gasteiger partial charge >= 0.3 is 0 Å². The molecule has 0 unspecified atom stereocenters. The number of nitrogens with one attached hydrogen (secondary N) is 1. The van der Waals surface area contributed by atoms with E-state index in [1.807, 2.05) is 5.32 Å². The molecule has 0 aliphatic rings. The lowest BCUT2D eigenvalue weighted by Crippen LogP contribution is -2.15. The molecule has 2 rings (SSSR count). The lowest BCUT2D eigenvalue weighted by atomic mass is 10.2. The first-order valence-corrected chi connectivity index (χ1v) is 7.72. The third-order valence-electron chi connectivity index (χ3n) is 2.47. The Bertz CT molecular complexity index is 797. The Hall–Kier alpha value is -2.00. The van der Waals surface area contributed by atoms with Gasteiger partial charge in [-0.2, -0.15) is 0 Å². The second-order valence-corrected chi connectivity index (χ2v) is 6.64. The van der Waals surface area contributed by atoms with E-state index in [4.69, 9.17) is 10.7 Å². The molecule has 1 aromatic carbocycles. The second kappa shape index (κ2) is 5.41. The van der Waals surface area contributed by atoms with Gasteiger partial charge in [0.25, 0.3) is 15.0 Å². The van der Waals surface area contributed by atoms with Gasteiger partial charge in [-0.3, -0.25) is 4.79 Å². The molecule has 0 aliphatic carbocycles. The Morgan fingerprint density at radius 1 is 1.33 bits per heavy atom. The van der Waals surface area contributed by atoms with Crippen molar-refractivity contribution in [2.24, 2.45) is 7.05 Å². The molecule has 112 valence electrons. The zero-order valence-electron chi connectivity index (χ0n) is 10.5. The van der Waals surface area contributed by atoms with Crippen LogP contribution in [0.2, 0.25) is 0 Å². The molecule has 0 saturated heterocycles. The zero-order chi connectivity index (χ0) is 15.8. The number of aryl methyl sites for hydroxylation is 1. The van der Waals surface area contributed by atoms with Crippen molar-refractivity contribution < 1.29 is 22.0 Å². The summed E-state index contributed by atoms with van der Waals surface area (Å²) >= 11 is 0. The number of carbonyl (C=O) groups excluding carboxylic acids is 1. The number of halogens is 3. The third kappa shape index (κ3) is 3.37. The molecule has 0 radical (unpaired) electrons. The van der Waals surface area contributed by atoms with E-state index in [1.165, 1.54) is 17.1 Å². The number of anilines is 1. The first-order chi connectivity index (χ1) is 9.68. The summed E-state index contributed by atoms with van der Waals surface area (Å²) in [5, 5.41) is 1.98. The zero-order valence-corrected chi connectivity index (χ0v) is 12.0. The van der Waals surface area contributed by atoms with Crippen molar-refractivity contribution in [3.63, 3.8) is 0 Å². The summed E-state index contributed by atoms with van der Waals surface area (Å²) in [6.45, 7) is 0. The molecule has 0 saturated carbocycles. The first-order valence-electron chi connectivity index (χ1n) is 5.41. The van der Waals surface area contributed by atoms with Gasteiger partial charge in [0.2, 0.25) is 0 Å². The van der Waals surface area contributed by atoms with Crippen LogP contribution in [0.4, 0.5) is 14.5 Å². The van der Waals surface area contributed by atoms with Crippen LogP contribution in [0.25, 0.3) is 0 Å². The van der Waals surface area contributed by atoms with Crippen LogP contribution in [0.5, 0.6) is 0 Å². The van der Waals surface area contributed by atoms with Crippen LogP contribution in [-0.2, 0) is 16.1 Å². The van der Waals surface area contributed by atoms with Crippen LogP contribution in [0.3, 0.4) is 0 Å². The summed E-state index contributed by atoms with van der Waals surface area (Å²) in [5.41, 5.74) is -0.833. The number of hydrogen-bond donors (Lipinski definition) is 1. The molecule has 1 aromatic heterocycles. The topological polar surface area (TPSA) is 81.1 Å². The average molecular weight is 336 g/mol. The second-order valence-electron chi connectivity index (χ2n) is 4.08. The summed E-state index contributed by atoms with van der Waals surface area (Å²) in [4.78, 5) is 14.7. The van der Waals surface area contributed by atoms with Gasteiger partial charge in [-0.25, -0.2) is 22.2 Å². The lowest BCUT2D eigenvalue weighted by molar-refractivity contribution is 0.102. The van der Waals surface area contributed by atoms with Crippen molar-refractivity contribution in [3.05, 3.63) is 42.0 Å². The highest BCUT2D eigenvalue weighted by molar-refractivity contribution is 8.13. The van der Waals surface area contributed by atoms with Crippen molar-refractivity contribution in [2.75, 3.05) is 5.32 Å². The highest BCUT2D eigenvalue weighted by atomic mass is 35.7. The summed E-state index contributed by atoms with van der Waals surface area (Å²) in [6, 6.07) is 1.03. The van der Waals surface area contributed by atoms with E-state index in [0.29, 0.717) is 12.1 Å². The number of imidazole rings is 1. The maximum absolute atomic E-state index is 13.7. The van der Waals surface area contributed by atoms with Crippen LogP contribution in [0.15, 0.2) is 29.6 Å². The molecule has 0 bridgehead atoms. The van der Waals surface area contributed by atoms with Crippen LogP contribution in [0, 0.1) is 11.6 Å². The number of nitrogens with zero attached hydrogens (tertiary/aromatic N) is 2. The van der Waals surface area contributed by atoms with E-state index in [0.717, 1.165) is 0 Å². The average Bonchev–Trinajstić information content (AvgIpc) is 2.79. The monoisotopic (exact) mass is 335 g/mol. The Kier molecular flexibility index (Phi) is 3.97. The molecule has 21 heavy (non-hydrogen) atoms. The predicted molar refractivity (Wildman–Crippen MR) is 70.6 cm³/mol.